The van der Waals surface area contributed by atoms with Crippen LogP contribution in [0.25, 0.3) is 0 Å². The van der Waals surface area contributed by atoms with Crippen molar-refractivity contribution in [1.29, 1.82) is 0 Å². The Balaban J connectivity index is 2.20. The molecule has 1 heterocycles. The van der Waals surface area contributed by atoms with Crippen LogP contribution < -0.4 is 0 Å². The SMILES string of the molecule is COC(=O)[C@@H](C)OC(=O)CN1C(=O)c2cccc([N+](=O)[O-])c2C1=O. The predicted octanol–water partition coefficient (Wildman–Crippen LogP) is 0.295. The Morgan fingerprint density at radius 3 is 2.54 bits per heavy atom. The highest BCUT2D eigenvalue weighted by Gasteiger charge is 2.42. The molecule has 2 amide bonds. The lowest BCUT2D eigenvalue weighted by Crippen LogP contribution is -2.38. The van der Waals surface area contributed by atoms with E-state index in [4.69, 9.17) is 4.74 Å². The van der Waals surface area contributed by atoms with Gasteiger partial charge < -0.3 is 9.47 Å². The van der Waals surface area contributed by atoms with Gasteiger partial charge in [0.2, 0.25) is 0 Å². The second-order valence-electron chi connectivity index (χ2n) is 4.81. The van der Waals surface area contributed by atoms with Crippen LogP contribution in [-0.4, -0.2) is 53.3 Å². The maximum absolute atomic E-state index is 12.2. The van der Waals surface area contributed by atoms with Crippen LogP contribution >= 0.6 is 0 Å². The molecule has 0 aliphatic carbocycles. The van der Waals surface area contributed by atoms with Crippen LogP contribution in [0.1, 0.15) is 27.6 Å². The fourth-order valence-electron chi connectivity index (χ4n) is 2.19. The number of fused-ring (bicyclic) bond motifs is 1. The minimum absolute atomic E-state index is 0.164. The van der Waals surface area contributed by atoms with E-state index in [2.05, 4.69) is 4.74 Å². The van der Waals surface area contributed by atoms with Crippen molar-refractivity contribution in [1.82, 2.24) is 4.90 Å². The van der Waals surface area contributed by atoms with Crippen molar-refractivity contribution >= 4 is 29.4 Å². The second-order valence-corrected chi connectivity index (χ2v) is 4.81. The molecule has 0 saturated heterocycles. The molecule has 126 valence electrons. The van der Waals surface area contributed by atoms with E-state index in [0.29, 0.717) is 4.90 Å². The van der Waals surface area contributed by atoms with Crippen molar-refractivity contribution in [3.8, 4) is 0 Å². The first-order valence-electron chi connectivity index (χ1n) is 6.68. The van der Waals surface area contributed by atoms with E-state index in [9.17, 15) is 29.3 Å². The first-order valence-corrected chi connectivity index (χ1v) is 6.68. The predicted molar refractivity (Wildman–Crippen MR) is 76.0 cm³/mol. The molecule has 0 bridgehead atoms. The number of esters is 2. The lowest BCUT2D eigenvalue weighted by atomic mass is 10.1. The second kappa shape index (κ2) is 6.44. The Hall–Kier alpha value is -3.30. The molecule has 0 saturated carbocycles. The van der Waals surface area contributed by atoms with Crippen LogP contribution in [0.2, 0.25) is 0 Å². The number of hydrogen-bond donors (Lipinski definition) is 0. The number of amides is 2. The number of nitro groups is 1. The summed E-state index contributed by atoms with van der Waals surface area (Å²) in [6.45, 7) is 0.488. The number of rotatable bonds is 5. The Bertz CT molecular complexity index is 757. The molecular weight excluding hydrogens is 324 g/mol. The normalized spacial score (nSPS) is 14.2. The molecule has 0 aromatic heterocycles. The summed E-state index contributed by atoms with van der Waals surface area (Å²) in [6.07, 6.45) is -1.22. The van der Waals surface area contributed by atoms with Gasteiger partial charge in [0.1, 0.15) is 12.1 Å². The van der Waals surface area contributed by atoms with E-state index in [-0.39, 0.29) is 11.1 Å². The molecule has 1 aromatic carbocycles. The van der Waals surface area contributed by atoms with E-state index in [1.807, 2.05) is 0 Å². The minimum Gasteiger partial charge on any atom is -0.466 e. The summed E-state index contributed by atoms with van der Waals surface area (Å²) in [5.74, 6) is -3.64. The van der Waals surface area contributed by atoms with Gasteiger partial charge in [-0.1, -0.05) is 6.07 Å². The number of carbonyl (C=O) groups is 4. The van der Waals surface area contributed by atoms with E-state index in [0.717, 1.165) is 13.2 Å². The maximum atomic E-state index is 12.2. The number of ether oxygens (including phenoxy) is 2. The van der Waals surface area contributed by atoms with E-state index in [1.165, 1.54) is 19.1 Å². The molecule has 10 nitrogen and oxygen atoms in total. The maximum Gasteiger partial charge on any atom is 0.346 e. The molecule has 24 heavy (non-hydrogen) atoms. The summed E-state index contributed by atoms with van der Waals surface area (Å²) in [4.78, 5) is 58.1. The zero-order valence-corrected chi connectivity index (χ0v) is 12.7. The molecule has 1 aromatic rings. The fourth-order valence-corrected chi connectivity index (χ4v) is 2.19. The van der Waals surface area contributed by atoms with Crippen LogP contribution in [-0.2, 0) is 19.1 Å². The highest BCUT2D eigenvalue weighted by atomic mass is 16.6. The summed E-state index contributed by atoms with van der Waals surface area (Å²) in [6, 6.07) is 3.61. The average molecular weight is 336 g/mol. The van der Waals surface area contributed by atoms with Gasteiger partial charge in [-0.3, -0.25) is 29.4 Å². The molecule has 2 rings (SSSR count). The third-order valence-corrected chi connectivity index (χ3v) is 3.30. The molecule has 1 aliphatic heterocycles. The summed E-state index contributed by atoms with van der Waals surface area (Å²) in [5, 5.41) is 11.0. The first-order chi connectivity index (χ1) is 11.3. The number of nitrogens with zero attached hydrogens (tertiary/aromatic N) is 2. The van der Waals surface area contributed by atoms with Gasteiger partial charge in [0.25, 0.3) is 17.5 Å². The van der Waals surface area contributed by atoms with Gasteiger partial charge >= 0.3 is 11.9 Å². The van der Waals surface area contributed by atoms with Gasteiger partial charge in [-0.2, -0.15) is 0 Å². The van der Waals surface area contributed by atoms with E-state index < -0.39 is 47.0 Å². The number of methoxy groups -OCH3 is 1. The smallest absolute Gasteiger partial charge is 0.346 e. The van der Waals surface area contributed by atoms with Crippen LogP contribution in [0.5, 0.6) is 0 Å². The number of benzene rings is 1. The van der Waals surface area contributed by atoms with E-state index in [1.54, 1.807) is 0 Å². The number of imide groups is 1. The summed E-state index contributed by atoms with van der Waals surface area (Å²) in [5.41, 5.74) is -1.06. The molecule has 1 aliphatic rings. The zero-order chi connectivity index (χ0) is 18.0. The van der Waals surface area contributed by atoms with Crippen molar-refractivity contribution in [3.05, 3.63) is 39.4 Å². The topological polar surface area (TPSA) is 133 Å². The molecule has 0 unspecified atom stereocenters. The third kappa shape index (κ3) is 2.93. The Labute approximate surface area is 135 Å². The number of nitro benzene ring substituents is 1. The van der Waals surface area contributed by atoms with Crippen molar-refractivity contribution in [3.63, 3.8) is 0 Å². The molecule has 1 atom stereocenters. The van der Waals surface area contributed by atoms with Crippen molar-refractivity contribution in [2.24, 2.45) is 0 Å². The van der Waals surface area contributed by atoms with Crippen molar-refractivity contribution < 1.29 is 33.6 Å². The monoisotopic (exact) mass is 336 g/mol. The van der Waals surface area contributed by atoms with Gasteiger partial charge in [-0.25, -0.2) is 4.79 Å². The van der Waals surface area contributed by atoms with Gasteiger partial charge in [0, 0.05) is 6.07 Å². The van der Waals surface area contributed by atoms with Gasteiger partial charge in [-0.15, -0.1) is 0 Å². The van der Waals surface area contributed by atoms with Gasteiger partial charge in [-0.05, 0) is 13.0 Å². The quantitative estimate of drug-likeness (QED) is 0.324. The molecule has 0 N–H and O–H groups in total. The van der Waals surface area contributed by atoms with Crippen LogP contribution in [0.4, 0.5) is 5.69 Å². The highest BCUT2D eigenvalue weighted by molar-refractivity contribution is 6.24. The lowest BCUT2D eigenvalue weighted by molar-refractivity contribution is -0.385. The minimum atomic E-state index is -1.22. The van der Waals surface area contributed by atoms with Crippen molar-refractivity contribution in [2.45, 2.75) is 13.0 Å². The summed E-state index contributed by atoms with van der Waals surface area (Å²) < 4.78 is 9.12. The average Bonchev–Trinajstić information content (AvgIpc) is 2.78. The van der Waals surface area contributed by atoms with Crippen LogP contribution in [0.3, 0.4) is 0 Å². The fraction of sp³-hybridized carbons (Fsp3) is 0.286. The number of carbonyl (C=O) groups excluding carboxylic acids is 4. The molecule has 0 fully saturated rings. The lowest BCUT2D eigenvalue weighted by Gasteiger charge is -2.15. The van der Waals surface area contributed by atoms with E-state index >= 15 is 0 Å². The van der Waals surface area contributed by atoms with Crippen LogP contribution in [0.15, 0.2) is 18.2 Å². The molecule has 0 spiro atoms. The summed E-state index contributed by atoms with van der Waals surface area (Å²) >= 11 is 0. The molecular formula is C14H12N2O8. The number of hydrogen-bond acceptors (Lipinski definition) is 8. The van der Waals surface area contributed by atoms with Crippen LogP contribution in [0, 0.1) is 10.1 Å². The van der Waals surface area contributed by atoms with Gasteiger partial charge in [0.15, 0.2) is 6.10 Å². The highest BCUT2D eigenvalue weighted by Crippen LogP contribution is 2.30. The largest absolute Gasteiger partial charge is 0.466 e. The summed E-state index contributed by atoms with van der Waals surface area (Å²) in [7, 11) is 1.11. The third-order valence-electron chi connectivity index (χ3n) is 3.30. The van der Waals surface area contributed by atoms with Crippen molar-refractivity contribution in [2.75, 3.05) is 13.7 Å². The Morgan fingerprint density at radius 1 is 1.29 bits per heavy atom. The Kier molecular flexibility index (Phi) is 4.58. The molecule has 10 heteroatoms. The standard InChI is InChI=1S/C14H12N2O8/c1-7(14(20)23-2)24-10(17)6-15-12(18)8-4-3-5-9(16(21)22)11(8)13(15)19/h3-5,7H,6H2,1-2H3/t7-/m1/s1. The zero-order valence-electron chi connectivity index (χ0n) is 12.7. The Morgan fingerprint density at radius 2 is 1.96 bits per heavy atom. The first kappa shape index (κ1) is 17.1. The van der Waals surface area contributed by atoms with Gasteiger partial charge in [0.05, 0.1) is 17.6 Å². The molecule has 0 radical (unpaired) electrons.